The van der Waals surface area contributed by atoms with Crippen molar-refractivity contribution in [1.29, 1.82) is 0 Å². The number of carbonyl (C=O) groups excluding carboxylic acids is 2. The smallest absolute Gasteiger partial charge is 0.389 e. The van der Waals surface area contributed by atoms with E-state index in [4.69, 9.17) is 18.7 Å². The van der Waals surface area contributed by atoms with Gasteiger partial charge in [0.2, 0.25) is 11.8 Å². The van der Waals surface area contributed by atoms with Crippen molar-refractivity contribution in [2.45, 2.75) is 125 Å². The summed E-state index contributed by atoms with van der Waals surface area (Å²) in [5.74, 6) is -1.05. The van der Waals surface area contributed by atoms with Crippen LogP contribution in [-0.2, 0) is 46.6 Å². The fourth-order valence-corrected chi connectivity index (χ4v) is 8.99. The van der Waals surface area contributed by atoms with Gasteiger partial charge >= 0.3 is 11.5 Å². The van der Waals surface area contributed by atoms with Crippen LogP contribution in [0.25, 0.3) is 0 Å². The van der Waals surface area contributed by atoms with Gasteiger partial charge in [-0.1, -0.05) is 25.2 Å². The zero-order chi connectivity index (χ0) is 49.2. The van der Waals surface area contributed by atoms with Gasteiger partial charge in [0.05, 0.1) is 11.4 Å². The molecule has 0 bridgehead atoms. The lowest BCUT2D eigenvalue weighted by Crippen LogP contribution is -2.22. The maximum Gasteiger partial charge on any atom is 0.460 e. The van der Waals surface area contributed by atoms with Crippen molar-refractivity contribution < 1.29 is 28.3 Å². The van der Waals surface area contributed by atoms with E-state index in [1.807, 2.05) is 41.5 Å². The average molecular weight is 975 g/mol. The maximum atomic E-state index is 11.8. The Bertz CT molecular complexity index is 2780. The summed E-state index contributed by atoms with van der Waals surface area (Å²) in [6.07, 6.45) is 0. The molecule has 0 aliphatic heterocycles. The summed E-state index contributed by atoms with van der Waals surface area (Å²) < 4.78 is 12.8. The Morgan fingerprint density at radius 1 is 0.529 bits per heavy atom. The van der Waals surface area contributed by atoms with Crippen LogP contribution in [0.1, 0.15) is 128 Å². The second-order valence-corrected chi connectivity index (χ2v) is 18.5. The SMILES string of the molecule is C.C.CC(=O)N(C)c1nc(CON=C(c2c(C)c(C)c(C)c(C)c2C)c2nc(=O)on2C)c(C)s1.CC(=O)N(C)c1nc(CON=C(c2c(C)c(C)c(C)c(C)c2C)c2nc(=O)on2C)c(C)s1. The van der Waals surface area contributed by atoms with E-state index < -0.39 is 11.5 Å². The van der Waals surface area contributed by atoms with Gasteiger partial charge in [0.1, 0.15) is 0 Å². The van der Waals surface area contributed by atoms with Crippen molar-refractivity contribution >= 4 is 56.2 Å². The third-order valence-corrected chi connectivity index (χ3v) is 14.5. The molecule has 0 saturated heterocycles. The molecular weight excluding hydrogens is 909 g/mol. The lowest BCUT2D eigenvalue weighted by molar-refractivity contribution is -0.117. The molecule has 4 aromatic heterocycles. The van der Waals surface area contributed by atoms with E-state index in [1.165, 1.54) is 66.9 Å². The van der Waals surface area contributed by atoms with Gasteiger partial charge in [-0.05, 0) is 139 Å². The zero-order valence-electron chi connectivity index (χ0n) is 41.0. The van der Waals surface area contributed by atoms with Crippen LogP contribution in [0.5, 0.6) is 0 Å². The lowest BCUT2D eigenvalue weighted by atomic mass is 9.87. The van der Waals surface area contributed by atoms with Crippen molar-refractivity contribution in [3.8, 4) is 0 Å². The van der Waals surface area contributed by atoms with Crippen LogP contribution in [0.4, 0.5) is 10.3 Å². The molecular formula is C48H66N10O8S2. The molecule has 2 amide bonds. The molecule has 0 unspecified atom stereocenters. The van der Waals surface area contributed by atoms with Gasteiger partial charge in [0.25, 0.3) is 0 Å². The van der Waals surface area contributed by atoms with E-state index in [-0.39, 0.29) is 51.5 Å². The standard InChI is InChI=1S/2C23H29N5O4S.2CH4/c2*1-11-12(2)14(4)19(15(5)13(11)3)20(21-25-23(30)32-28(21)9)26-31-10-18-16(6)33-22(24-18)27(8)17(7)29;;/h2*10H2,1-9H3;2*1H4. The number of oxime groups is 2. The molecule has 0 radical (unpaired) electrons. The van der Waals surface area contributed by atoms with Crippen LogP contribution in [0.2, 0.25) is 0 Å². The first-order valence-electron chi connectivity index (χ1n) is 20.9. The number of benzene rings is 2. The molecule has 20 heteroatoms. The van der Waals surface area contributed by atoms with Crippen molar-refractivity contribution in [3.63, 3.8) is 0 Å². The van der Waals surface area contributed by atoms with Crippen LogP contribution in [0.15, 0.2) is 28.9 Å². The van der Waals surface area contributed by atoms with Crippen molar-refractivity contribution in [1.82, 2.24) is 29.4 Å². The highest BCUT2D eigenvalue weighted by Crippen LogP contribution is 2.31. The summed E-state index contributed by atoms with van der Waals surface area (Å²) in [5.41, 5.74) is 15.0. The van der Waals surface area contributed by atoms with Gasteiger partial charge in [-0.15, -0.1) is 22.7 Å². The molecule has 0 spiro atoms. The number of rotatable bonds is 12. The molecule has 0 saturated carbocycles. The minimum atomic E-state index is -0.705. The zero-order valence-corrected chi connectivity index (χ0v) is 42.6. The predicted molar refractivity (Wildman–Crippen MR) is 270 cm³/mol. The minimum absolute atomic E-state index is 0. The first-order valence-corrected chi connectivity index (χ1v) is 22.6. The summed E-state index contributed by atoms with van der Waals surface area (Å²) in [4.78, 5) is 80.3. The number of thiazole rings is 2. The van der Waals surface area contributed by atoms with E-state index >= 15 is 0 Å². The van der Waals surface area contributed by atoms with E-state index in [0.717, 1.165) is 65.4 Å². The second kappa shape index (κ2) is 22.5. The number of hydrogen-bond donors (Lipinski definition) is 0. The van der Waals surface area contributed by atoms with Gasteiger partial charge in [0.15, 0.2) is 46.5 Å². The largest absolute Gasteiger partial charge is 0.460 e. The van der Waals surface area contributed by atoms with Gasteiger partial charge in [-0.25, -0.2) is 19.6 Å². The molecule has 368 valence electrons. The fourth-order valence-electron chi connectivity index (χ4n) is 7.15. The van der Waals surface area contributed by atoms with Crippen molar-refractivity contribution in [2.75, 3.05) is 23.9 Å². The molecule has 4 heterocycles. The number of aryl methyl sites for hydroxylation is 4. The molecule has 68 heavy (non-hydrogen) atoms. The number of hydrogen-bond acceptors (Lipinski definition) is 16. The Morgan fingerprint density at radius 3 is 1.06 bits per heavy atom. The summed E-state index contributed by atoms with van der Waals surface area (Å²) in [7, 11) is 6.57. The number of carbonyl (C=O) groups is 2. The van der Waals surface area contributed by atoms with Crippen molar-refractivity contribution in [3.05, 3.63) is 121 Å². The number of anilines is 2. The quantitative estimate of drug-likeness (QED) is 0.0836. The number of aromatic nitrogens is 6. The Labute approximate surface area is 406 Å². The first kappa shape index (κ1) is 55.8. The van der Waals surface area contributed by atoms with Gasteiger partial charge < -0.3 is 18.7 Å². The molecule has 0 aliphatic carbocycles. The molecule has 0 fully saturated rings. The third kappa shape index (κ3) is 11.4. The predicted octanol–water partition coefficient (Wildman–Crippen LogP) is 8.54. The monoisotopic (exact) mass is 974 g/mol. The van der Waals surface area contributed by atoms with E-state index in [9.17, 15) is 19.2 Å². The fraction of sp³-hybridized carbons (Fsp3) is 0.458. The van der Waals surface area contributed by atoms with Gasteiger partial charge in [-0.3, -0.25) is 19.4 Å². The highest BCUT2D eigenvalue weighted by molar-refractivity contribution is 7.16. The Hall–Kier alpha value is -6.54. The average Bonchev–Trinajstić information content (AvgIpc) is 4.02. The molecule has 0 N–H and O–H groups in total. The molecule has 6 rings (SSSR count). The summed E-state index contributed by atoms with van der Waals surface area (Å²) in [6, 6.07) is 0. The summed E-state index contributed by atoms with van der Waals surface area (Å²) >= 11 is 2.82. The first-order chi connectivity index (χ1) is 30.9. The summed E-state index contributed by atoms with van der Waals surface area (Å²) in [5, 5.41) is 10.0. The van der Waals surface area contributed by atoms with E-state index in [1.54, 1.807) is 28.2 Å². The van der Waals surface area contributed by atoms with Crippen LogP contribution < -0.4 is 21.3 Å². The van der Waals surface area contributed by atoms with Gasteiger partial charge in [0, 0.05) is 62.9 Å². The van der Waals surface area contributed by atoms with Gasteiger partial charge in [-0.2, -0.15) is 19.4 Å². The topological polar surface area (TPSA) is 206 Å². The highest BCUT2D eigenvalue weighted by atomic mass is 32.1. The van der Waals surface area contributed by atoms with Crippen LogP contribution in [-0.4, -0.2) is 66.7 Å². The molecule has 0 aliphatic rings. The van der Waals surface area contributed by atoms with Crippen LogP contribution >= 0.6 is 22.7 Å². The third-order valence-electron chi connectivity index (χ3n) is 12.3. The van der Waals surface area contributed by atoms with E-state index in [0.29, 0.717) is 33.1 Å². The Kier molecular flexibility index (Phi) is 18.5. The Balaban J connectivity index is 0.000000350. The second-order valence-electron chi connectivity index (χ2n) is 16.2. The molecule has 2 aromatic carbocycles. The van der Waals surface area contributed by atoms with Crippen molar-refractivity contribution in [2.24, 2.45) is 24.4 Å². The highest BCUT2D eigenvalue weighted by Gasteiger charge is 2.26. The molecule has 18 nitrogen and oxygen atoms in total. The number of nitrogens with zero attached hydrogens (tertiary/aromatic N) is 10. The molecule has 0 atom stereocenters. The minimum Gasteiger partial charge on any atom is -0.389 e. The lowest BCUT2D eigenvalue weighted by Gasteiger charge is -2.19. The van der Waals surface area contributed by atoms with Crippen LogP contribution in [0, 0.1) is 83.1 Å². The number of amides is 2. The molecule has 6 aromatic rings. The van der Waals surface area contributed by atoms with E-state index in [2.05, 4.69) is 71.8 Å². The normalized spacial score (nSPS) is 11.4. The Morgan fingerprint density at radius 2 is 0.809 bits per heavy atom. The summed E-state index contributed by atoms with van der Waals surface area (Å²) in [6.45, 7) is 27.5. The maximum absolute atomic E-state index is 11.8. The van der Waals surface area contributed by atoms with Crippen LogP contribution in [0.3, 0.4) is 0 Å².